The van der Waals surface area contributed by atoms with Crippen LogP contribution in [0.5, 0.6) is 23.0 Å². The highest BCUT2D eigenvalue weighted by Crippen LogP contribution is 2.32. The van der Waals surface area contributed by atoms with Gasteiger partial charge in [0.25, 0.3) is 0 Å². The van der Waals surface area contributed by atoms with E-state index in [-0.39, 0.29) is 31.4 Å². The number of carbonyl (C=O) groups is 2. The van der Waals surface area contributed by atoms with Crippen molar-refractivity contribution in [1.29, 1.82) is 0 Å². The van der Waals surface area contributed by atoms with Crippen LogP contribution in [0.4, 0.5) is 5.69 Å². The first-order valence-corrected chi connectivity index (χ1v) is 10.3. The summed E-state index contributed by atoms with van der Waals surface area (Å²) in [6.07, 6.45) is 0.194. The fourth-order valence-corrected chi connectivity index (χ4v) is 3.21. The molecule has 0 fully saturated rings. The summed E-state index contributed by atoms with van der Waals surface area (Å²) in [7, 11) is 0. The molecule has 0 atom stereocenters. The molecule has 7 nitrogen and oxygen atoms in total. The highest BCUT2D eigenvalue weighted by Gasteiger charge is 2.14. The van der Waals surface area contributed by atoms with Gasteiger partial charge >= 0.3 is 0 Å². The molecule has 2 N–H and O–H groups in total. The molecule has 0 bridgehead atoms. The van der Waals surface area contributed by atoms with E-state index in [2.05, 4.69) is 10.6 Å². The number of carbonyl (C=O) groups excluding carboxylic acids is 2. The lowest BCUT2D eigenvalue weighted by molar-refractivity contribution is -0.124. The zero-order valence-electron chi connectivity index (χ0n) is 17.7. The molecule has 0 aliphatic carbocycles. The number of amides is 2. The van der Waals surface area contributed by atoms with Gasteiger partial charge in [-0.2, -0.15) is 0 Å². The van der Waals surface area contributed by atoms with Crippen LogP contribution in [0.25, 0.3) is 0 Å². The summed E-state index contributed by atoms with van der Waals surface area (Å²) >= 11 is 0. The molecule has 0 aromatic heterocycles. The minimum absolute atomic E-state index is 0.0918. The molecule has 3 aromatic carbocycles. The van der Waals surface area contributed by atoms with Crippen LogP contribution in [0.1, 0.15) is 24.0 Å². The SMILES string of the molecule is Cc1cccc(Oc2ccc(NC(=O)CCC(=O)NCc3ccc4c(c3)OCO4)cc2)c1. The summed E-state index contributed by atoms with van der Waals surface area (Å²) in [6.45, 7) is 2.57. The van der Waals surface area contributed by atoms with Crippen LogP contribution in [0, 0.1) is 6.92 Å². The maximum Gasteiger partial charge on any atom is 0.231 e. The van der Waals surface area contributed by atoms with Gasteiger partial charge in [0.1, 0.15) is 11.5 Å². The van der Waals surface area contributed by atoms with Gasteiger partial charge in [0.15, 0.2) is 11.5 Å². The monoisotopic (exact) mass is 432 g/mol. The number of fused-ring (bicyclic) bond motifs is 1. The van der Waals surface area contributed by atoms with Gasteiger partial charge in [0, 0.05) is 25.1 Å². The second kappa shape index (κ2) is 9.87. The Morgan fingerprint density at radius 2 is 1.66 bits per heavy atom. The topological polar surface area (TPSA) is 85.9 Å². The summed E-state index contributed by atoms with van der Waals surface area (Å²) in [5, 5.41) is 5.61. The lowest BCUT2D eigenvalue weighted by atomic mass is 10.2. The predicted octanol–water partition coefficient (Wildman–Crippen LogP) is 4.55. The molecule has 164 valence electrons. The molecule has 1 aliphatic rings. The Morgan fingerprint density at radius 3 is 2.47 bits per heavy atom. The third-order valence-corrected chi connectivity index (χ3v) is 4.87. The first kappa shape index (κ1) is 21.2. The van der Waals surface area contributed by atoms with Crippen molar-refractivity contribution in [3.8, 4) is 23.0 Å². The van der Waals surface area contributed by atoms with Crippen molar-refractivity contribution >= 4 is 17.5 Å². The number of hydrogen-bond acceptors (Lipinski definition) is 5. The number of nitrogens with one attached hydrogen (secondary N) is 2. The van der Waals surface area contributed by atoms with Gasteiger partial charge in [-0.3, -0.25) is 9.59 Å². The van der Waals surface area contributed by atoms with Crippen LogP contribution in [-0.2, 0) is 16.1 Å². The Morgan fingerprint density at radius 1 is 0.875 bits per heavy atom. The fourth-order valence-electron chi connectivity index (χ4n) is 3.21. The molecular weight excluding hydrogens is 408 g/mol. The van der Waals surface area contributed by atoms with Crippen LogP contribution in [0.3, 0.4) is 0 Å². The van der Waals surface area contributed by atoms with Gasteiger partial charge in [-0.15, -0.1) is 0 Å². The van der Waals surface area contributed by atoms with Crippen molar-refractivity contribution < 1.29 is 23.8 Å². The van der Waals surface area contributed by atoms with E-state index in [0.717, 1.165) is 16.9 Å². The molecule has 3 aromatic rings. The molecule has 0 spiro atoms. The standard InChI is InChI=1S/C25H24N2O5/c1-17-3-2-4-21(13-17)32-20-8-6-19(7-9-20)27-25(29)12-11-24(28)26-15-18-5-10-22-23(14-18)31-16-30-22/h2-10,13-14H,11-12,15-16H2,1H3,(H,26,28)(H,27,29). The Balaban J connectivity index is 1.19. The van der Waals surface area contributed by atoms with E-state index in [4.69, 9.17) is 14.2 Å². The normalized spacial score (nSPS) is 11.7. The van der Waals surface area contributed by atoms with E-state index in [1.165, 1.54) is 0 Å². The van der Waals surface area contributed by atoms with E-state index in [0.29, 0.717) is 29.5 Å². The molecule has 1 heterocycles. The molecule has 4 rings (SSSR count). The molecule has 0 unspecified atom stereocenters. The Bertz CT molecular complexity index is 1110. The molecule has 0 saturated carbocycles. The van der Waals surface area contributed by atoms with Crippen molar-refractivity contribution in [3.63, 3.8) is 0 Å². The minimum atomic E-state index is -0.226. The third-order valence-electron chi connectivity index (χ3n) is 4.87. The number of ether oxygens (including phenoxy) is 3. The van der Waals surface area contributed by atoms with Crippen LogP contribution in [-0.4, -0.2) is 18.6 Å². The van der Waals surface area contributed by atoms with Gasteiger partial charge in [-0.1, -0.05) is 18.2 Å². The van der Waals surface area contributed by atoms with Crippen LogP contribution in [0.2, 0.25) is 0 Å². The second-order valence-corrected chi connectivity index (χ2v) is 7.46. The van der Waals surface area contributed by atoms with Gasteiger partial charge in [-0.05, 0) is 66.6 Å². The second-order valence-electron chi connectivity index (χ2n) is 7.46. The third kappa shape index (κ3) is 5.78. The first-order valence-electron chi connectivity index (χ1n) is 10.3. The van der Waals surface area contributed by atoms with Gasteiger partial charge in [0.2, 0.25) is 18.6 Å². The molecule has 7 heteroatoms. The van der Waals surface area contributed by atoms with E-state index in [9.17, 15) is 9.59 Å². The molecule has 2 amide bonds. The van der Waals surface area contributed by atoms with Crippen LogP contribution in [0.15, 0.2) is 66.7 Å². The average Bonchev–Trinajstić information content (AvgIpc) is 3.26. The van der Waals surface area contributed by atoms with Crippen LogP contribution >= 0.6 is 0 Å². The van der Waals surface area contributed by atoms with Gasteiger partial charge in [-0.25, -0.2) is 0 Å². The van der Waals surface area contributed by atoms with Crippen molar-refractivity contribution in [3.05, 3.63) is 77.9 Å². The van der Waals surface area contributed by atoms with Gasteiger partial charge < -0.3 is 24.8 Å². The quantitative estimate of drug-likeness (QED) is 0.545. The van der Waals surface area contributed by atoms with Gasteiger partial charge in [0.05, 0.1) is 0 Å². The smallest absolute Gasteiger partial charge is 0.231 e. The largest absolute Gasteiger partial charge is 0.457 e. The number of benzene rings is 3. The Labute approximate surface area is 186 Å². The number of anilines is 1. The lowest BCUT2D eigenvalue weighted by Gasteiger charge is -2.09. The van der Waals surface area contributed by atoms with Crippen LogP contribution < -0.4 is 24.8 Å². The van der Waals surface area contributed by atoms with Crippen molar-refractivity contribution in [1.82, 2.24) is 5.32 Å². The Kier molecular flexibility index (Phi) is 6.55. The maximum absolute atomic E-state index is 12.2. The highest BCUT2D eigenvalue weighted by atomic mass is 16.7. The van der Waals surface area contributed by atoms with E-state index in [1.807, 2.05) is 49.4 Å². The summed E-state index contributed by atoms with van der Waals surface area (Å²) in [6, 6.07) is 20.4. The molecule has 0 saturated heterocycles. The molecule has 0 radical (unpaired) electrons. The Hall–Kier alpha value is -4.00. The van der Waals surface area contributed by atoms with E-state index in [1.54, 1.807) is 24.3 Å². The van der Waals surface area contributed by atoms with Crippen molar-refractivity contribution in [2.24, 2.45) is 0 Å². The molecule has 1 aliphatic heterocycles. The molecule has 32 heavy (non-hydrogen) atoms. The lowest BCUT2D eigenvalue weighted by Crippen LogP contribution is -2.24. The van der Waals surface area contributed by atoms with E-state index < -0.39 is 0 Å². The minimum Gasteiger partial charge on any atom is -0.457 e. The maximum atomic E-state index is 12.2. The highest BCUT2D eigenvalue weighted by molar-refractivity contribution is 5.93. The summed E-state index contributed by atoms with van der Waals surface area (Å²) in [5.41, 5.74) is 2.67. The number of aryl methyl sites for hydroxylation is 1. The summed E-state index contributed by atoms with van der Waals surface area (Å²) in [5.74, 6) is 2.39. The molecular formula is C25H24N2O5. The average molecular weight is 432 g/mol. The predicted molar refractivity (Wildman–Crippen MR) is 120 cm³/mol. The zero-order valence-corrected chi connectivity index (χ0v) is 17.7. The fraction of sp³-hybridized carbons (Fsp3) is 0.200. The van der Waals surface area contributed by atoms with Crippen molar-refractivity contribution in [2.45, 2.75) is 26.3 Å². The van der Waals surface area contributed by atoms with Crippen molar-refractivity contribution in [2.75, 3.05) is 12.1 Å². The summed E-state index contributed by atoms with van der Waals surface area (Å²) in [4.78, 5) is 24.3. The first-order chi connectivity index (χ1) is 15.5. The van der Waals surface area contributed by atoms with E-state index >= 15 is 0 Å². The number of hydrogen-bond donors (Lipinski definition) is 2. The zero-order chi connectivity index (χ0) is 22.3. The summed E-state index contributed by atoms with van der Waals surface area (Å²) < 4.78 is 16.4. The number of rotatable bonds is 8.